The normalized spacial score (nSPS) is 17.1. The smallest absolute Gasteiger partial charge is 0.308 e. The SMILES string of the molecule is O=C(O)[C@@H]1CC(=O)N(c2ccc(OCc3ccccc3Cl)cc2)C1. The molecular weight excluding hydrogens is 330 g/mol. The molecule has 1 N–H and O–H groups in total. The van der Waals surface area contributed by atoms with Crippen LogP contribution in [0.2, 0.25) is 5.02 Å². The first-order valence-electron chi connectivity index (χ1n) is 7.54. The summed E-state index contributed by atoms with van der Waals surface area (Å²) in [6.45, 7) is 0.552. The number of carbonyl (C=O) groups is 2. The van der Waals surface area contributed by atoms with E-state index >= 15 is 0 Å². The molecule has 5 nitrogen and oxygen atoms in total. The van der Waals surface area contributed by atoms with Gasteiger partial charge in [0, 0.05) is 29.2 Å². The van der Waals surface area contributed by atoms with Gasteiger partial charge in [-0.25, -0.2) is 0 Å². The number of halogens is 1. The number of amides is 1. The monoisotopic (exact) mass is 345 g/mol. The predicted octanol–water partition coefficient (Wildman–Crippen LogP) is 3.36. The molecule has 1 aliphatic heterocycles. The van der Waals surface area contributed by atoms with E-state index in [0.29, 0.717) is 23.1 Å². The Morgan fingerprint density at radius 3 is 2.54 bits per heavy atom. The van der Waals surface area contributed by atoms with Gasteiger partial charge in [0.2, 0.25) is 5.91 Å². The Morgan fingerprint density at radius 2 is 1.92 bits per heavy atom. The van der Waals surface area contributed by atoms with Crippen molar-refractivity contribution in [2.24, 2.45) is 5.92 Å². The molecule has 2 aromatic rings. The minimum absolute atomic E-state index is 0.0418. The second-order valence-corrected chi connectivity index (χ2v) is 6.02. The number of hydrogen-bond donors (Lipinski definition) is 1. The van der Waals surface area contributed by atoms with Crippen LogP contribution in [0.25, 0.3) is 0 Å². The first-order valence-corrected chi connectivity index (χ1v) is 7.92. The predicted molar refractivity (Wildman–Crippen MR) is 90.3 cm³/mol. The molecule has 1 saturated heterocycles. The lowest BCUT2D eigenvalue weighted by atomic mass is 10.1. The molecule has 24 heavy (non-hydrogen) atoms. The van der Waals surface area contributed by atoms with Crippen LogP contribution in [0.15, 0.2) is 48.5 Å². The molecule has 0 aromatic heterocycles. The molecular formula is C18H16ClNO4. The zero-order valence-corrected chi connectivity index (χ0v) is 13.6. The minimum Gasteiger partial charge on any atom is -0.489 e. The lowest BCUT2D eigenvalue weighted by Gasteiger charge is -2.16. The van der Waals surface area contributed by atoms with Crippen molar-refractivity contribution in [1.29, 1.82) is 0 Å². The second kappa shape index (κ2) is 6.93. The molecule has 6 heteroatoms. The average Bonchev–Trinajstić information content (AvgIpc) is 2.97. The largest absolute Gasteiger partial charge is 0.489 e. The highest BCUT2D eigenvalue weighted by Gasteiger charge is 2.34. The van der Waals surface area contributed by atoms with Gasteiger partial charge < -0.3 is 14.7 Å². The van der Waals surface area contributed by atoms with Gasteiger partial charge in [0.15, 0.2) is 0 Å². The topological polar surface area (TPSA) is 66.8 Å². The zero-order chi connectivity index (χ0) is 17.1. The number of aliphatic carboxylic acids is 1. The Labute approximate surface area is 144 Å². The van der Waals surface area contributed by atoms with Gasteiger partial charge in [-0.15, -0.1) is 0 Å². The van der Waals surface area contributed by atoms with Crippen LogP contribution in [0.5, 0.6) is 5.75 Å². The third-order valence-corrected chi connectivity index (χ3v) is 4.34. The molecule has 0 aliphatic carbocycles. The van der Waals surface area contributed by atoms with Crippen LogP contribution in [0.4, 0.5) is 5.69 Å². The minimum atomic E-state index is -0.939. The van der Waals surface area contributed by atoms with E-state index in [-0.39, 0.29) is 18.9 Å². The fraction of sp³-hybridized carbons (Fsp3) is 0.222. The maximum absolute atomic E-state index is 11.9. The molecule has 0 radical (unpaired) electrons. The summed E-state index contributed by atoms with van der Waals surface area (Å²) in [6.07, 6.45) is 0.0418. The summed E-state index contributed by atoms with van der Waals surface area (Å²) in [5.41, 5.74) is 1.57. The fourth-order valence-corrected chi connectivity index (χ4v) is 2.81. The first-order chi connectivity index (χ1) is 11.5. The molecule has 2 aromatic carbocycles. The van der Waals surface area contributed by atoms with Crippen LogP contribution in [-0.2, 0) is 16.2 Å². The summed E-state index contributed by atoms with van der Waals surface area (Å²) >= 11 is 6.08. The second-order valence-electron chi connectivity index (χ2n) is 5.62. The molecule has 0 unspecified atom stereocenters. The lowest BCUT2D eigenvalue weighted by molar-refractivity contribution is -0.141. The van der Waals surface area contributed by atoms with E-state index in [9.17, 15) is 9.59 Å². The number of hydrogen-bond acceptors (Lipinski definition) is 3. The first kappa shape index (κ1) is 16.3. The van der Waals surface area contributed by atoms with Crippen molar-refractivity contribution in [3.8, 4) is 5.75 Å². The van der Waals surface area contributed by atoms with Crippen LogP contribution in [0.1, 0.15) is 12.0 Å². The molecule has 3 rings (SSSR count). The van der Waals surface area contributed by atoms with Gasteiger partial charge in [0.25, 0.3) is 0 Å². The highest BCUT2D eigenvalue weighted by Crippen LogP contribution is 2.27. The molecule has 124 valence electrons. The number of benzene rings is 2. The molecule has 1 amide bonds. The van der Waals surface area contributed by atoms with Gasteiger partial charge in [0.1, 0.15) is 12.4 Å². The van der Waals surface area contributed by atoms with Gasteiger partial charge in [-0.3, -0.25) is 9.59 Å². The van der Waals surface area contributed by atoms with Crippen molar-refractivity contribution in [3.63, 3.8) is 0 Å². The van der Waals surface area contributed by atoms with E-state index in [4.69, 9.17) is 21.4 Å². The summed E-state index contributed by atoms with van der Waals surface area (Å²) in [4.78, 5) is 24.5. The van der Waals surface area contributed by atoms with E-state index in [1.807, 2.05) is 18.2 Å². The summed E-state index contributed by atoms with van der Waals surface area (Å²) < 4.78 is 5.69. The van der Waals surface area contributed by atoms with Gasteiger partial charge in [-0.05, 0) is 30.3 Å². The third kappa shape index (κ3) is 3.51. The van der Waals surface area contributed by atoms with Crippen molar-refractivity contribution in [3.05, 3.63) is 59.1 Å². The number of carbonyl (C=O) groups excluding carboxylic acids is 1. The molecule has 0 spiro atoms. The Morgan fingerprint density at radius 1 is 1.21 bits per heavy atom. The van der Waals surface area contributed by atoms with E-state index in [1.54, 1.807) is 30.3 Å². The molecule has 1 aliphatic rings. The number of ether oxygens (including phenoxy) is 1. The van der Waals surface area contributed by atoms with E-state index in [2.05, 4.69) is 0 Å². The molecule has 0 saturated carbocycles. The summed E-state index contributed by atoms with van der Waals surface area (Å²) in [5, 5.41) is 9.68. The van der Waals surface area contributed by atoms with Crippen LogP contribution in [0, 0.1) is 5.92 Å². The Bertz CT molecular complexity index is 760. The maximum Gasteiger partial charge on any atom is 0.308 e. The summed E-state index contributed by atoms with van der Waals surface area (Å²) in [6, 6.07) is 14.5. The number of rotatable bonds is 5. The van der Waals surface area contributed by atoms with Crippen LogP contribution in [-0.4, -0.2) is 23.5 Å². The van der Waals surface area contributed by atoms with Crippen LogP contribution >= 0.6 is 11.6 Å². The summed E-state index contributed by atoms with van der Waals surface area (Å²) in [7, 11) is 0. The molecule has 1 atom stereocenters. The van der Waals surface area contributed by atoms with Crippen molar-refractivity contribution in [2.45, 2.75) is 13.0 Å². The van der Waals surface area contributed by atoms with Crippen molar-refractivity contribution in [2.75, 3.05) is 11.4 Å². The van der Waals surface area contributed by atoms with Crippen molar-refractivity contribution in [1.82, 2.24) is 0 Å². The van der Waals surface area contributed by atoms with Gasteiger partial charge >= 0.3 is 5.97 Å². The molecule has 1 fully saturated rings. The van der Waals surface area contributed by atoms with Crippen molar-refractivity contribution < 1.29 is 19.4 Å². The quantitative estimate of drug-likeness (QED) is 0.902. The van der Waals surface area contributed by atoms with Gasteiger partial charge in [-0.2, -0.15) is 0 Å². The van der Waals surface area contributed by atoms with Crippen molar-refractivity contribution >= 4 is 29.2 Å². The average molecular weight is 346 g/mol. The molecule has 1 heterocycles. The number of nitrogens with zero attached hydrogens (tertiary/aromatic N) is 1. The van der Waals surface area contributed by atoms with Gasteiger partial charge in [0.05, 0.1) is 5.92 Å². The fourth-order valence-electron chi connectivity index (χ4n) is 2.62. The zero-order valence-electron chi connectivity index (χ0n) is 12.8. The highest BCUT2D eigenvalue weighted by atomic mass is 35.5. The Balaban J connectivity index is 1.65. The number of carboxylic acid groups (broad SMARTS) is 1. The standard InChI is InChI=1S/C18H16ClNO4/c19-16-4-2-1-3-12(16)11-24-15-7-5-14(6-8-15)20-10-13(18(22)23)9-17(20)21/h1-8,13H,9-11H2,(H,22,23)/t13-/m1/s1. The van der Waals surface area contributed by atoms with E-state index in [1.165, 1.54) is 4.90 Å². The number of carboxylic acids is 1. The van der Waals surface area contributed by atoms with Crippen LogP contribution < -0.4 is 9.64 Å². The van der Waals surface area contributed by atoms with E-state index < -0.39 is 11.9 Å². The Hall–Kier alpha value is -2.53. The van der Waals surface area contributed by atoms with Gasteiger partial charge in [-0.1, -0.05) is 29.8 Å². The molecule has 0 bridgehead atoms. The van der Waals surface area contributed by atoms with Crippen LogP contribution in [0.3, 0.4) is 0 Å². The highest BCUT2D eigenvalue weighted by molar-refractivity contribution is 6.31. The third-order valence-electron chi connectivity index (χ3n) is 3.97. The summed E-state index contributed by atoms with van der Waals surface area (Å²) in [5.74, 6) is -1.11. The lowest BCUT2D eigenvalue weighted by Crippen LogP contribution is -2.25. The van der Waals surface area contributed by atoms with E-state index in [0.717, 1.165) is 5.56 Å². The maximum atomic E-state index is 11.9. The Kier molecular flexibility index (Phi) is 4.71. The number of anilines is 1.